The van der Waals surface area contributed by atoms with E-state index in [4.69, 9.17) is 9.47 Å². The van der Waals surface area contributed by atoms with E-state index in [2.05, 4.69) is 15.5 Å². The van der Waals surface area contributed by atoms with Gasteiger partial charge in [0.05, 0.1) is 26.4 Å². The Morgan fingerprint density at radius 3 is 2.79 bits per heavy atom. The topological polar surface area (TPSA) is 45.8 Å². The summed E-state index contributed by atoms with van der Waals surface area (Å²) in [5, 5.41) is 7.48. The number of nitrogens with zero attached hydrogens (tertiary/aromatic N) is 1. The van der Waals surface area contributed by atoms with Gasteiger partial charge in [0, 0.05) is 44.3 Å². The summed E-state index contributed by atoms with van der Waals surface area (Å²) in [6.45, 7) is 6.73. The zero-order valence-corrected chi connectivity index (χ0v) is 17.3. The van der Waals surface area contributed by atoms with E-state index in [0.717, 1.165) is 58.2 Å². The van der Waals surface area contributed by atoms with Crippen molar-refractivity contribution in [2.75, 3.05) is 52.6 Å². The van der Waals surface area contributed by atoms with Gasteiger partial charge >= 0.3 is 0 Å². The highest BCUT2D eigenvalue weighted by molar-refractivity contribution is 5.85. The maximum Gasteiger partial charge on any atom is 0.123 e. The Hall–Kier alpha value is -0.760. The van der Waals surface area contributed by atoms with E-state index < -0.39 is 0 Å². The molecular formula is C21H33ClFN3O2. The third-order valence-electron chi connectivity index (χ3n) is 6.33. The molecular weight excluding hydrogens is 381 g/mol. The number of hydrogen-bond donors (Lipinski definition) is 2. The van der Waals surface area contributed by atoms with Gasteiger partial charge in [-0.25, -0.2) is 4.39 Å². The van der Waals surface area contributed by atoms with Crippen molar-refractivity contribution in [3.05, 3.63) is 35.6 Å². The summed E-state index contributed by atoms with van der Waals surface area (Å²) < 4.78 is 25.1. The average molecular weight is 414 g/mol. The third-order valence-corrected chi connectivity index (χ3v) is 6.33. The number of hydrogen-bond acceptors (Lipinski definition) is 5. The molecule has 1 aromatic rings. The quantitative estimate of drug-likeness (QED) is 0.749. The molecule has 1 saturated carbocycles. The predicted molar refractivity (Wildman–Crippen MR) is 111 cm³/mol. The smallest absolute Gasteiger partial charge is 0.123 e. The molecule has 5 nitrogen and oxygen atoms in total. The van der Waals surface area contributed by atoms with E-state index in [1.807, 2.05) is 12.1 Å². The zero-order valence-electron chi connectivity index (χ0n) is 16.4. The molecule has 3 fully saturated rings. The molecule has 0 spiro atoms. The van der Waals surface area contributed by atoms with Gasteiger partial charge in [0.15, 0.2) is 0 Å². The van der Waals surface area contributed by atoms with Gasteiger partial charge in [-0.1, -0.05) is 18.6 Å². The van der Waals surface area contributed by atoms with Crippen LogP contribution >= 0.6 is 12.4 Å². The number of halogens is 2. The van der Waals surface area contributed by atoms with Crippen molar-refractivity contribution < 1.29 is 13.9 Å². The van der Waals surface area contributed by atoms with Crippen LogP contribution in [0, 0.1) is 11.7 Å². The first-order valence-electron chi connectivity index (χ1n) is 10.4. The van der Waals surface area contributed by atoms with Gasteiger partial charge in [0.1, 0.15) is 5.82 Å². The lowest BCUT2D eigenvalue weighted by molar-refractivity contribution is 0.0144. The lowest BCUT2D eigenvalue weighted by Gasteiger charge is -2.37. The predicted octanol–water partition coefficient (Wildman–Crippen LogP) is 2.37. The first-order valence-corrected chi connectivity index (χ1v) is 10.4. The molecule has 2 aliphatic heterocycles. The molecule has 1 aromatic carbocycles. The van der Waals surface area contributed by atoms with Crippen LogP contribution in [0.5, 0.6) is 0 Å². The maximum atomic E-state index is 13.9. The fourth-order valence-corrected chi connectivity index (χ4v) is 4.91. The maximum absolute atomic E-state index is 13.9. The average Bonchev–Trinajstić information content (AvgIpc) is 3.18. The summed E-state index contributed by atoms with van der Waals surface area (Å²) in [6, 6.07) is 8.21. The molecule has 4 atom stereocenters. The van der Waals surface area contributed by atoms with Crippen molar-refractivity contribution >= 4 is 12.4 Å². The van der Waals surface area contributed by atoms with Crippen LogP contribution in [0.15, 0.2) is 24.3 Å². The molecule has 7 heteroatoms. The monoisotopic (exact) mass is 413 g/mol. The van der Waals surface area contributed by atoms with Crippen molar-refractivity contribution in [2.24, 2.45) is 5.92 Å². The van der Waals surface area contributed by atoms with Gasteiger partial charge in [0.25, 0.3) is 0 Å². The van der Waals surface area contributed by atoms with E-state index in [0.29, 0.717) is 18.0 Å². The molecule has 0 aromatic heterocycles. The number of nitrogens with one attached hydrogen (secondary N) is 2. The number of ether oxygens (including phenoxy) is 2. The van der Waals surface area contributed by atoms with Crippen LogP contribution in [-0.4, -0.2) is 69.6 Å². The second-order valence-corrected chi connectivity index (χ2v) is 7.96. The molecule has 0 radical (unpaired) electrons. The van der Waals surface area contributed by atoms with Crippen LogP contribution < -0.4 is 10.6 Å². The van der Waals surface area contributed by atoms with Crippen LogP contribution in [0.25, 0.3) is 0 Å². The number of rotatable bonds is 6. The van der Waals surface area contributed by atoms with Crippen molar-refractivity contribution in [3.8, 4) is 0 Å². The van der Waals surface area contributed by atoms with E-state index in [-0.39, 0.29) is 24.3 Å². The van der Waals surface area contributed by atoms with Gasteiger partial charge in [-0.3, -0.25) is 4.90 Å². The SMILES string of the molecule is Cl.Fc1cccc(C(CNC2CCCC2C2COCCN2)N2CCOCC2)c1. The minimum atomic E-state index is -0.159. The molecule has 3 aliphatic rings. The number of benzene rings is 1. The Morgan fingerprint density at radius 2 is 2.04 bits per heavy atom. The van der Waals surface area contributed by atoms with Crippen molar-refractivity contribution in [3.63, 3.8) is 0 Å². The first kappa shape index (κ1) is 21.9. The van der Waals surface area contributed by atoms with Gasteiger partial charge in [0.2, 0.25) is 0 Å². The Balaban J connectivity index is 0.00000225. The molecule has 0 bridgehead atoms. The molecule has 2 saturated heterocycles. The normalized spacial score (nSPS) is 30.0. The lowest BCUT2D eigenvalue weighted by Crippen LogP contribution is -2.52. The molecule has 0 amide bonds. The zero-order chi connectivity index (χ0) is 18.5. The van der Waals surface area contributed by atoms with Gasteiger partial charge < -0.3 is 20.1 Å². The van der Waals surface area contributed by atoms with Gasteiger partial charge in [-0.2, -0.15) is 0 Å². The molecule has 2 heterocycles. The van der Waals surface area contributed by atoms with Crippen molar-refractivity contribution in [2.45, 2.75) is 37.4 Å². The third kappa shape index (κ3) is 5.43. The summed E-state index contributed by atoms with van der Waals surface area (Å²) >= 11 is 0. The second kappa shape index (κ2) is 10.9. The summed E-state index contributed by atoms with van der Waals surface area (Å²) in [6.07, 6.45) is 3.73. The molecule has 28 heavy (non-hydrogen) atoms. The Bertz CT molecular complexity index is 597. The molecule has 2 N–H and O–H groups in total. The second-order valence-electron chi connectivity index (χ2n) is 7.96. The highest BCUT2D eigenvalue weighted by Gasteiger charge is 2.35. The van der Waals surface area contributed by atoms with Crippen LogP contribution in [0.2, 0.25) is 0 Å². The standard InChI is InChI=1S/C21H32FN3O2.ClH/c22-17-4-1-3-16(13-17)21(25-8-11-26-12-9-25)14-24-19-6-2-5-18(19)20-15-27-10-7-23-20;/h1,3-4,13,18-21,23-24H,2,5-12,14-15H2;1H. The van der Waals surface area contributed by atoms with Crippen molar-refractivity contribution in [1.29, 1.82) is 0 Å². The lowest BCUT2D eigenvalue weighted by atomic mass is 9.93. The summed E-state index contributed by atoms with van der Waals surface area (Å²) in [5.74, 6) is 0.455. The minimum absolute atomic E-state index is 0. The molecule has 158 valence electrons. The largest absolute Gasteiger partial charge is 0.379 e. The van der Waals surface area contributed by atoms with E-state index in [1.165, 1.54) is 25.3 Å². The van der Waals surface area contributed by atoms with Crippen LogP contribution in [0.1, 0.15) is 30.9 Å². The Labute approximate surface area is 173 Å². The van der Waals surface area contributed by atoms with Gasteiger partial charge in [-0.05, 0) is 36.5 Å². The molecule has 4 unspecified atom stereocenters. The first-order chi connectivity index (χ1) is 13.3. The highest BCUT2D eigenvalue weighted by Crippen LogP contribution is 2.30. The summed E-state index contributed by atoms with van der Waals surface area (Å²) in [7, 11) is 0. The summed E-state index contributed by atoms with van der Waals surface area (Å²) in [4.78, 5) is 2.43. The Kier molecular flexibility index (Phi) is 8.51. The highest BCUT2D eigenvalue weighted by atomic mass is 35.5. The van der Waals surface area contributed by atoms with E-state index in [1.54, 1.807) is 6.07 Å². The summed E-state index contributed by atoms with van der Waals surface area (Å²) in [5.41, 5.74) is 1.05. The molecule has 1 aliphatic carbocycles. The number of morpholine rings is 2. The fourth-order valence-electron chi connectivity index (χ4n) is 4.91. The van der Waals surface area contributed by atoms with Gasteiger partial charge in [-0.15, -0.1) is 12.4 Å². The van der Waals surface area contributed by atoms with Crippen LogP contribution in [-0.2, 0) is 9.47 Å². The van der Waals surface area contributed by atoms with Crippen LogP contribution in [0.4, 0.5) is 4.39 Å². The van der Waals surface area contributed by atoms with E-state index in [9.17, 15) is 4.39 Å². The fraction of sp³-hybridized carbons (Fsp3) is 0.714. The van der Waals surface area contributed by atoms with Crippen LogP contribution in [0.3, 0.4) is 0 Å². The Morgan fingerprint density at radius 1 is 1.18 bits per heavy atom. The minimum Gasteiger partial charge on any atom is -0.379 e. The van der Waals surface area contributed by atoms with Crippen molar-refractivity contribution in [1.82, 2.24) is 15.5 Å². The molecule has 4 rings (SSSR count). The van der Waals surface area contributed by atoms with E-state index >= 15 is 0 Å².